The number of rotatable bonds is 6. The zero-order valence-electron chi connectivity index (χ0n) is 11.8. The van der Waals surface area contributed by atoms with Gasteiger partial charge in [-0.1, -0.05) is 11.6 Å². The second kappa shape index (κ2) is 6.94. The fraction of sp³-hybridized carbons (Fsp3) is 0.333. The Morgan fingerprint density at radius 2 is 1.95 bits per heavy atom. The lowest BCUT2D eigenvalue weighted by Gasteiger charge is -2.16. The maximum Gasteiger partial charge on any atom is 0.345 e. The van der Waals surface area contributed by atoms with E-state index in [0.717, 1.165) is 20.1 Å². The molecule has 0 aliphatic heterocycles. The smallest absolute Gasteiger partial charge is 0.345 e. The van der Waals surface area contributed by atoms with Crippen LogP contribution in [0, 0.1) is 10.1 Å². The molecule has 9 nitrogen and oxygen atoms in total. The van der Waals surface area contributed by atoms with Gasteiger partial charge in [0.05, 0.1) is 24.2 Å². The molecule has 1 N–H and O–H groups in total. The molecule has 10 heteroatoms. The normalized spacial score (nSPS) is 11.5. The van der Waals surface area contributed by atoms with E-state index in [1.165, 1.54) is 7.11 Å². The van der Waals surface area contributed by atoms with Gasteiger partial charge < -0.3 is 19.3 Å². The van der Waals surface area contributed by atoms with Gasteiger partial charge in [0, 0.05) is 6.07 Å². The number of halogens is 1. The summed E-state index contributed by atoms with van der Waals surface area (Å²) in [5, 5.41) is 19.8. The topological polar surface area (TPSA) is 125 Å². The number of carbonyl (C=O) groups is 2. The average molecular weight is 334 g/mol. The molecule has 0 spiro atoms. The largest absolute Gasteiger partial charge is 0.494 e. The van der Waals surface area contributed by atoms with Crippen molar-refractivity contribution in [1.29, 1.82) is 0 Å². The third-order valence-electron chi connectivity index (χ3n) is 2.60. The highest BCUT2D eigenvalue weighted by Gasteiger charge is 2.33. The molecule has 0 heterocycles. The number of nitrogens with zero attached hydrogens (tertiary/aromatic N) is 1. The van der Waals surface area contributed by atoms with E-state index in [1.807, 2.05) is 0 Å². The first-order valence-electron chi connectivity index (χ1n) is 5.77. The fourth-order valence-electron chi connectivity index (χ4n) is 1.57. The van der Waals surface area contributed by atoms with Gasteiger partial charge >= 0.3 is 17.6 Å². The second-order valence-electron chi connectivity index (χ2n) is 3.96. The standard InChI is InChI=1S/C12H12ClNO8/c1-5(11(15)16)22-10-7(14(18)19)4-6(13)9(20-2)8(10)12(17)21-3/h4-5H,1-3H3,(H,15,16). The molecule has 22 heavy (non-hydrogen) atoms. The number of ether oxygens (including phenoxy) is 3. The van der Waals surface area contributed by atoms with Gasteiger partial charge in [-0.05, 0) is 6.92 Å². The van der Waals surface area contributed by atoms with Crippen LogP contribution in [0.15, 0.2) is 6.07 Å². The minimum absolute atomic E-state index is 0.216. The number of carbonyl (C=O) groups excluding carboxylic acids is 1. The van der Waals surface area contributed by atoms with Gasteiger partial charge in [-0.3, -0.25) is 10.1 Å². The number of hydrogen-bond donors (Lipinski definition) is 1. The SMILES string of the molecule is COC(=O)c1c(OC)c(Cl)cc([N+](=O)[O-])c1OC(C)C(=O)O. The molecule has 1 aromatic carbocycles. The van der Waals surface area contributed by atoms with Crippen molar-refractivity contribution < 1.29 is 33.8 Å². The van der Waals surface area contributed by atoms with Gasteiger partial charge in [-0.25, -0.2) is 9.59 Å². The minimum Gasteiger partial charge on any atom is -0.494 e. The Balaban J connectivity index is 3.68. The molecule has 1 rings (SSSR count). The summed E-state index contributed by atoms with van der Waals surface area (Å²) in [6.45, 7) is 1.15. The molecular formula is C12H12ClNO8. The van der Waals surface area contributed by atoms with Crippen molar-refractivity contribution in [3.8, 4) is 11.5 Å². The van der Waals surface area contributed by atoms with Gasteiger partial charge in [0.2, 0.25) is 5.75 Å². The molecule has 1 atom stereocenters. The van der Waals surface area contributed by atoms with Crippen molar-refractivity contribution in [3.63, 3.8) is 0 Å². The quantitative estimate of drug-likeness (QED) is 0.475. The Hall–Kier alpha value is -2.55. The number of methoxy groups -OCH3 is 2. The number of nitro benzene ring substituents is 1. The molecule has 120 valence electrons. The summed E-state index contributed by atoms with van der Waals surface area (Å²) in [4.78, 5) is 33.0. The molecule has 0 aliphatic rings. The van der Waals surface area contributed by atoms with Gasteiger partial charge in [-0.15, -0.1) is 0 Å². The van der Waals surface area contributed by atoms with Gasteiger partial charge in [0.1, 0.15) is 0 Å². The summed E-state index contributed by atoms with van der Waals surface area (Å²) < 4.78 is 14.5. The van der Waals surface area contributed by atoms with Crippen LogP contribution in [0.4, 0.5) is 5.69 Å². The van der Waals surface area contributed by atoms with E-state index in [1.54, 1.807) is 0 Å². The Morgan fingerprint density at radius 3 is 2.36 bits per heavy atom. The summed E-state index contributed by atoms with van der Waals surface area (Å²) in [6, 6.07) is 0.900. The maximum absolute atomic E-state index is 11.9. The Bertz CT molecular complexity index is 630. The maximum atomic E-state index is 11.9. The van der Waals surface area contributed by atoms with E-state index >= 15 is 0 Å². The van der Waals surface area contributed by atoms with Crippen molar-refractivity contribution in [2.75, 3.05) is 14.2 Å². The Kier molecular flexibility index (Phi) is 5.52. The van der Waals surface area contributed by atoms with Crippen molar-refractivity contribution >= 4 is 29.2 Å². The first-order valence-corrected chi connectivity index (χ1v) is 6.15. The lowest BCUT2D eigenvalue weighted by atomic mass is 10.1. The first-order chi connectivity index (χ1) is 10.2. The van der Waals surface area contributed by atoms with Crippen LogP contribution in [0.1, 0.15) is 17.3 Å². The summed E-state index contributed by atoms with van der Waals surface area (Å²) in [7, 11) is 2.23. The highest BCUT2D eigenvalue weighted by molar-refractivity contribution is 6.33. The van der Waals surface area contributed by atoms with Gasteiger partial charge in [0.15, 0.2) is 17.4 Å². The fourth-order valence-corrected chi connectivity index (χ4v) is 1.85. The predicted molar refractivity (Wildman–Crippen MR) is 73.7 cm³/mol. The number of carboxylic acids is 1. The van der Waals surface area contributed by atoms with Gasteiger partial charge in [0.25, 0.3) is 0 Å². The van der Waals surface area contributed by atoms with E-state index in [0.29, 0.717) is 0 Å². The second-order valence-corrected chi connectivity index (χ2v) is 4.37. The van der Waals surface area contributed by atoms with Crippen LogP contribution in [0.3, 0.4) is 0 Å². The highest BCUT2D eigenvalue weighted by atomic mass is 35.5. The van der Waals surface area contributed by atoms with E-state index in [2.05, 4.69) is 4.74 Å². The van der Waals surface area contributed by atoms with Crippen LogP contribution in [0.25, 0.3) is 0 Å². The Morgan fingerprint density at radius 1 is 1.36 bits per heavy atom. The molecule has 0 bridgehead atoms. The number of nitro groups is 1. The monoisotopic (exact) mass is 333 g/mol. The molecule has 0 aromatic heterocycles. The zero-order valence-corrected chi connectivity index (χ0v) is 12.5. The number of esters is 1. The number of hydrogen-bond acceptors (Lipinski definition) is 7. The summed E-state index contributed by atoms with van der Waals surface area (Å²) in [5.41, 5.74) is -1.14. The molecule has 1 unspecified atom stereocenters. The molecule has 0 radical (unpaired) electrons. The third kappa shape index (κ3) is 3.37. The van der Waals surface area contributed by atoms with Crippen LogP contribution >= 0.6 is 11.6 Å². The van der Waals surface area contributed by atoms with E-state index in [9.17, 15) is 19.7 Å². The minimum atomic E-state index is -1.45. The summed E-state index contributed by atoms with van der Waals surface area (Å²) in [6.07, 6.45) is -1.45. The Labute approximate surface area is 129 Å². The summed E-state index contributed by atoms with van der Waals surface area (Å²) >= 11 is 5.84. The van der Waals surface area contributed by atoms with Crippen LogP contribution < -0.4 is 9.47 Å². The molecule has 0 saturated heterocycles. The summed E-state index contributed by atoms with van der Waals surface area (Å²) in [5.74, 6) is -3.20. The van der Waals surface area contributed by atoms with E-state index < -0.39 is 40.0 Å². The molecule has 1 aromatic rings. The molecule has 0 saturated carbocycles. The lowest BCUT2D eigenvalue weighted by molar-refractivity contribution is -0.386. The molecule has 0 aliphatic carbocycles. The number of carboxylic acid groups (broad SMARTS) is 1. The number of benzene rings is 1. The zero-order chi connectivity index (χ0) is 17.0. The molecular weight excluding hydrogens is 322 g/mol. The van der Waals surface area contributed by atoms with Gasteiger partial charge in [-0.2, -0.15) is 0 Å². The van der Waals surface area contributed by atoms with Crippen LogP contribution in [0.5, 0.6) is 11.5 Å². The van der Waals surface area contributed by atoms with Crippen LogP contribution in [-0.4, -0.2) is 42.3 Å². The van der Waals surface area contributed by atoms with Crippen molar-refractivity contribution in [2.45, 2.75) is 13.0 Å². The lowest BCUT2D eigenvalue weighted by Crippen LogP contribution is -2.24. The van der Waals surface area contributed by atoms with Crippen molar-refractivity contribution in [3.05, 3.63) is 26.8 Å². The van der Waals surface area contributed by atoms with E-state index in [-0.39, 0.29) is 10.8 Å². The molecule has 0 amide bonds. The number of aliphatic carboxylic acids is 1. The average Bonchev–Trinajstić information content (AvgIpc) is 2.46. The molecule has 0 fully saturated rings. The first kappa shape index (κ1) is 17.5. The highest BCUT2D eigenvalue weighted by Crippen LogP contribution is 2.43. The van der Waals surface area contributed by atoms with Crippen LogP contribution in [0.2, 0.25) is 5.02 Å². The van der Waals surface area contributed by atoms with Crippen LogP contribution in [-0.2, 0) is 9.53 Å². The van der Waals surface area contributed by atoms with Crippen molar-refractivity contribution in [2.24, 2.45) is 0 Å². The van der Waals surface area contributed by atoms with Crippen molar-refractivity contribution in [1.82, 2.24) is 0 Å². The van der Waals surface area contributed by atoms with E-state index in [4.69, 9.17) is 26.2 Å². The predicted octanol–water partition coefficient (Wildman–Crippen LogP) is 1.90. The third-order valence-corrected chi connectivity index (χ3v) is 2.88.